The molecule has 0 aliphatic carbocycles. The summed E-state index contributed by atoms with van der Waals surface area (Å²) in [4.78, 5) is 26.1. The molecule has 1 heterocycles. The fourth-order valence-corrected chi connectivity index (χ4v) is 4.81. The van der Waals surface area contributed by atoms with Gasteiger partial charge in [-0.1, -0.05) is 36.5 Å². The molecule has 1 aliphatic heterocycles. The molecule has 1 amide bonds. The summed E-state index contributed by atoms with van der Waals surface area (Å²) in [7, 11) is -3.11. The predicted octanol–water partition coefficient (Wildman–Crippen LogP) is 2.97. The highest BCUT2D eigenvalue weighted by atomic mass is 35.5. The van der Waals surface area contributed by atoms with Crippen molar-refractivity contribution in [1.82, 2.24) is 4.90 Å². The molecule has 1 aromatic carbocycles. The van der Waals surface area contributed by atoms with Gasteiger partial charge in [-0.2, -0.15) is 0 Å². The summed E-state index contributed by atoms with van der Waals surface area (Å²) >= 11 is 11.7. The molecule has 26 heavy (non-hydrogen) atoms. The van der Waals surface area contributed by atoms with Crippen LogP contribution in [0.15, 0.2) is 18.2 Å². The van der Waals surface area contributed by atoms with E-state index in [-0.39, 0.29) is 28.1 Å². The smallest absolute Gasteiger partial charge is 0.338 e. The molecule has 1 fully saturated rings. The van der Waals surface area contributed by atoms with Gasteiger partial charge in [0.15, 0.2) is 16.4 Å². The number of carbonyl (C=O) groups is 2. The summed E-state index contributed by atoms with van der Waals surface area (Å²) in [6.45, 7) is 1.98. The van der Waals surface area contributed by atoms with E-state index in [1.165, 1.54) is 23.1 Å². The molecule has 0 N–H and O–H groups in total. The Hall–Kier alpha value is -1.31. The zero-order chi connectivity index (χ0) is 19.3. The Balaban J connectivity index is 1.99. The molecule has 9 heteroatoms. The molecule has 144 valence electrons. The Morgan fingerprint density at radius 1 is 1.27 bits per heavy atom. The first-order valence-corrected chi connectivity index (χ1v) is 10.9. The Labute approximate surface area is 163 Å². The average Bonchev–Trinajstić information content (AvgIpc) is 2.95. The van der Waals surface area contributed by atoms with Crippen LogP contribution in [-0.2, 0) is 19.4 Å². The number of hydrogen-bond acceptors (Lipinski definition) is 5. The minimum absolute atomic E-state index is 0.0385. The highest BCUT2D eigenvalue weighted by Crippen LogP contribution is 2.23. The Morgan fingerprint density at radius 2 is 2.00 bits per heavy atom. The van der Waals surface area contributed by atoms with Crippen LogP contribution in [0.25, 0.3) is 0 Å². The number of hydrogen-bond donors (Lipinski definition) is 0. The molecule has 6 nitrogen and oxygen atoms in total. The van der Waals surface area contributed by atoms with Crippen molar-refractivity contribution < 1.29 is 22.7 Å². The average molecular weight is 422 g/mol. The molecule has 1 aliphatic rings. The van der Waals surface area contributed by atoms with Gasteiger partial charge in [0, 0.05) is 12.6 Å². The van der Waals surface area contributed by atoms with Crippen molar-refractivity contribution >= 4 is 44.9 Å². The van der Waals surface area contributed by atoms with E-state index in [0.29, 0.717) is 18.0 Å². The van der Waals surface area contributed by atoms with Gasteiger partial charge < -0.3 is 9.64 Å². The first kappa shape index (κ1) is 21.0. The van der Waals surface area contributed by atoms with E-state index in [1.54, 1.807) is 0 Å². The van der Waals surface area contributed by atoms with Crippen molar-refractivity contribution in [2.45, 2.75) is 32.2 Å². The lowest BCUT2D eigenvalue weighted by molar-refractivity contribution is -0.136. The van der Waals surface area contributed by atoms with Gasteiger partial charge in [0.25, 0.3) is 5.91 Å². The van der Waals surface area contributed by atoms with Crippen LogP contribution in [-0.4, -0.2) is 55.9 Å². The number of ether oxygens (including phenoxy) is 1. The number of rotatable bonds is 7. The summed E-state index contributed by atoms with van der Waals surface area (Å²) in [5.74, 6) is -1.04. The number of unbranched alkanes of at least 4 members (excludes halogenated alkanes) is 1. The molecular formula is C17H21Cl2NO5S. The predicted molar refractivity (Wildman–Crippen MR) is 100 cm³/mol. The molecule has 0 spiro atoms. The lowest BCUT2D eigenvalue weighted by atomic mass is 10.2. The van der Waals surface area contributed by atoms with Crippen molar-refractivity contribution in [3.63, 3.8) is 0 Å². The van der Waals surface area contributed by atoms with E-state index in [4.69, 9.17) is 27.9 Å². The Kier molecular flexibility index (Phi) is 7.32. The van der Waals surface area contributed by atoms with Crippen LogP contribution in [0.2, 0.25) is 10.0 Å². The summed E-state index contributed by atoms with van der Waals surface area (Å²) in [5.41, 5.74) is 0.191. The van der Waals surface area contributed by atoms with E-state index < -0.39 is 28.3 Å². The van der Waals surface area contributed by atoms with Crippen LogP contribution in [0.5, 0.6) is 0 Å². The van der Waals surface area contributed by atoms with Gasteiger partial charge >= 0.3 is 5.97 Å². The van der Waals surface area contributed by atoms with Gasteiger partial charge in [0.2, 0.25) is 0 Å². The molecule has 0 saturated carbocycles. The quantitative estimate of drug-likeness (QED) is 0.632. The first-order valence-electron chi connectivity index (χ1n) is 8.35. The van der Waals surface area contributed by atoms with Gasteiger partial charge in [-0.15, -0.1) is 0 Å². The second kappa shape index (κ2) is 9.06. The van der Waals surface area contributed by atoms with Crippen LogP contribution in [0.1, 0.15) is 36.5 Å². The maximum absolute atomic E-state index is 12.5. The summed E-state index contributed by atoms with van der Waals surface area (Å²) < 4.78 is 28.5. The minimum Gasteiger partial charge on any atom is -0.452 e. The first-order chi connectivity index (χ1) is 12.2. The van der Waals surface area contributed by atoms with Crippen LogP contribution < -0.4 is 0 Å². The molecule has 1 unspecified atom stereocenters. The molecule has 2 rings (SSSR count). The Morgan fingerprint density at radius 3 is 2.58 bits per heavy atom. The summed E-state index contributed by atoms with van der Waals surface area (Å²) in [5, 5.41) is 0.528. The van der Waals surface area contributed by atoms with Gasteiger partial charge in [0.05, 0.1) is 27.1 Å². The maximum Gasteiger partial charge on any atom is 0.338 e. The van der Waals surface area contributed by atoms with Crippen LogP contribution in [0.4, 0.5) is 0 Å². The van der Waals surface area contributed by atoms with Gasteiger partial charge in [-0.05, 0) is 31.0 Å². The fraction of sp³-hybridized carbons (Fsp3) is 0.529. The third-order valence-electron chi connectivity index (χ3n) is 4.20. The van der Waals surface area contributed by atoms with E-state index in [9.17, 15) is 18.0 Å². The lowest BCUT2D eigenvalue weighted by Gasteiger charge is -2.28. The second-order valence-electron chi connectivity index (χ2n) is 6.20. The molecule has 1 saturated heterocycles. The van der Waals surface area contributed by atoms with Crippen LogP contribution in [0.3, 0.4) is 0 Å². The zero-order valence-corrected chi connectivity index (χ0v) is 16.7. The molecule has 0 bridgehead atoms. The summed E-state index contributed by atoms with van der Waals surface area (Å²) in [6, 6.07) is 3.94. The monoisotopic (exact) mass is 421 g/mol. The molecule has 1 aromatic rings. The lowest BCUT2D eigenvalue weighted by Crippen LogP contribution is -2.43. The standard InChI is InChI=1S/C17H21Cl2NO5S/c1-2-3-7-20(13-6-8-26(23,24)11-13)16(21)10-25-17(22)12-4-5-14(18)15(19)9-12/h4-5,9,13H,2-3,6-8,10-11H2,1H3. The van der Waals surface area contributed by atoms with Gasteiger partial charge in [-0.3, -0.25) is 4.79 Å². The summed E-state index contributed by atoms with van der Waals surface area (Å²) in [6.07, 6.45) is 2.04. The second-order valence-corrected chi connectivity index (χ2v) is 9.25. The Bertz CT molecular complexity index is 781. The molecule has 0 radical (unpaired) electrons. The molecule has 0 aromatic heterocycles. The van der Waals surface area contributed by atoms with E-state index in [0.717, 1.165) is 12.8 Å². The molecule has 1 atom stereocenters. The van der Waals surface area contributed by atoms with Crippen molar-refractivity contribution in [2.75, 3.05) is 24.7 Å². The largest absolute Gasteiger partial charge is 0.452 e. The van der Waals surface area contributed by atoms with E-state index in [1.807, 2.05) is 6.92 Å². The van der Waals surface area contributed by atoms with Crippen molar-refractivity contribution in [3.8, 4) is 0 Å². The minimum atomic E-state index is -3.11. The van der Waals surface area contributed by atoms with Crippen LogP contribution in [0, 0.1) is 0 Å². The van der Waals surface area contributed by atoms with Gasteiger partial charge in [0.1, 0.15) is 0 Å². The number of benzene rings is 1. The number of amides is 1. The fourth-order valence-electron chi connectivity index (χ4n) is 2.78. The maximum atomic E-state index is 12.5. The topological polar surface area (TPSA) is 80.8 Å². The van der Waals surface area contributed by atoms with Crippen molar-refractivity contribution in [3.05, 3.63) is 33.8 Å². The number of halogens is 2. The zero-order valence-electron chi connectivity index (χ0n) is 14.4. The van der Waals surface area contributed by atoms with Crippen LogP contribution >= 0.6 is 23.2 Å². The van der Waals surface area contributed by atoms with E-state index >= 15 is 0 Å². The number of carbonyl (C=O) groups excluding carboxylic acids is 2. The van der Waals surface area contributed by atoms with Gasteiger partial charge in [-0.25, -0.2) is 13.2 Å². The third kappa shape index (κ3) is 5.59. The normalized spacial score (nSPS) is 18.5. The number of sulfone groups is 1. The highest BCUT2D eigenvalue weighted by molar-refractivity contribution is 7.91. The highest BCUT2D eigenvalue weighted by Gasteiger charge is 2.34. The van der Waals surface area contributed by atoms with Crippen molar-refractivity contribution in [2.24, 2.45) is 0 Å². The van der Waals surface area contributed by atoms with E-state index in [2.05, 4.69) is 0 Å². The third-order valence-corrected chi connectivity index (χ3v) is 6.69. The number of esters is 1. The SMILES string of the molecule is CCCCN(C(=O)COC(=O)c1ccc(Cl)c(Cl)c1)C1CCS(=O)(=O)C1. The number of nitrogens with zero attached hydrogens (tertiary/aromatic N) is 1. The van der Waals surface area contributed by atoms with Crippen molar-refractivity contribution in [1.29, 1.82) is 0 Å². The molecular weight excluding hydrogens is 401 g/mol.